The number of carbonyl (C=O) groups excluding carboxylic acids is 1. The molecular formula is C19H31N3O2. The topological polar surface area (TPSA) is 81.1 Å². The lowest BCUT2D eigenvalue weighted by Crippen LogP contribution is -2.54. The van der Waals surface area contributed by atoms with Gasteiger partial charge in [-0.15, -0.1) is 0 Å². The Kier molecular flexibility index (Phi) is 5.00. The van der Waals surface area contributed by atoms with Crippen molar-refractivity contribution >= 4 is 5.91 Å². The van der Waals surface area contributed by atoms with Gasteiger partial charge in [-0.3, -0.25) is 4.79 Å². The third-order valence-electron chi connectivity index (χ3n) is 6.47. The second-order valence-electron chi connectivity index (χ2n) is 8.23. The molecule has 4 atom stereocenters. The summed E-state index contributed by atoms with van der Waals surface area (Å²) in [5, 5.41) is 3.05. The predicted octanol–water partition coefficient (Wildman–Crippen LogP) is 3.67. The largest absolute Gasteiger partial charge is 0.446 e. The third kappa shape index (κ3) is 3.23. The van der Waals surface area contributed by atoms with Gasteiger partial charge in [-0.05, 0) is 48.9 Å². The van der Waals surface area contributed by atoms with E-state index in [1.165, 1.54) is 25.5 Å². The molecule has 1 aromatic heterocycles. The fraction of sp³-hybridized carbons (Fsp3) is 0.789. The van der Waals surface area contributed by atoms with E-state index in [-0.39, 0.29) is 11.9 Å². The lowest BCUT2D eigenvalue weighted by molar-refractivity contribution is -0.103. The standard InChI is InChI=1S/C19H31N3O2/c1-4-5-6-15(20)18-22-16(11-24-18)17(23)21-10-12-7-8-13-9-14(12)19(13,2)3/h11-15H,4-10,20H2,1-3H3,(H,21,23). The van der Waals surface area contributed by atoms with Gasteiger partial charge >= 0.3 is 0 Å². The van der Waals surface area contributed by atoms with Gasteiger partial charge in [-0.2, -0.15) is 0 Å². The highest BCUT2D eigenvalue weighted by Gasteiger charge is 2.53. The zero-order chi connectivity index (χ0) is 17.3. The van der Waals surface area contributed by atoms with Gasteiger partial charge in [0.15, 0.2) is 5.69 Å². The van der Waals surface area contributed by atoms with E-state index in [4.69, 9.17) is 10.2 Å². The van der Waals surface area contributed by atoms with E-state index in [9.17, 15) is 4.79 Å². The number of hydrogen-bond donors (Lipinski definition) is 2. The molecule has 0 aliphatic heterocycles. The van der Waals surface area contributed by atoms with Gasteiger partial charge in [-0.25, -0.2) is 4.98 Å². The third-order valence-corrected chi connectivity index (χ3v) is 6.47. The van der Waals surface area contributed by atoms with Crippen LogP contribution in [0, 0.1) is 23.2 Å². The van der Waals surface area contributed by atoms with Crippen LogP contribution in [-0.4, -0.2) is 17.4 Å². The molecule has 4 rings (SSSR count). The van der Waals surface area contributed by atoms with Crippen molar-refractivity contribution in [2.75, 3.05) is 6.54 Å². The summed E-state index contributed by atoms with van der Waals surface area (Å²) in [5.41, 5.74) is 6.84. The van der Waals surface area contributed by atoms with Gasteiger partial charge in [0.2, 0.25) is 5.89 Å². The Hall–Kier alpha value is -1.36. The van der Waals surface area contributed by atoms with Crippen molar-refractivity contribution in [2.24, 2.45) is 28.9 Å². The van der Waals surface area contributed by atoms with Crippen LogP contribution in [0.2, 0.25) is 0 Å². The SMILES string of the molecule is CCCCC(N)c1nc(C(=O)NCC2CCC3CC2C3(C)C)co1. The molecule has 24 heavy (non-hydrogen) atoms. The fourth-order valence-electron chi connectivity index (χ4n) is 4.63. The molecule has 3 aliphatic rings. The van der Waals surface area contributed by atoms with E-state index in [1.54, 1.807) is 0 Å². The second-order valence-corrected chi connectivity index (χ2v) is 8.23. The highest BCUT2D eigenvalue weighted by molar-refractivity contribution is 5.91. The van der Waals surface area contributed by atoms with Crippen molar-refractivity contribution in [1.29, 1.82) is 0 Å². The van der Waals surface area contributed by atoms with Crippen LogP contribution < -0.4 is 11.1 Å². The summed E-state index contributed by atoms with van der Waals surface area (Å²) in [4.78, 5) is 16.6. The number of oxazole rings is 1. The molecule has 0 spiro atoms. The second kappa shape index (κ2) is 6.87. The molecule has 0 aromatic carbocycles. The number of amides is 1. The Morgan fingerprint density at radius 3 is 2.96 bits per heavy atom. The molecule has 0 saturated heterocycles. The molecule has 3 saturated carbocycles. The average Bonchev–Trinajstić information content (AvgIpc) is 3.07. The van der Waals surface area contributed by atoms with Gasteiger partial charge in [-0.1, -0.05) is 33.6 Å². The Bertz CT molecular complexity index is 579. The summed E-state index contributed by atoms with van der Waals surface area (Å²) < 4.78 is 5.40. The van der Waals surface area contributed by atoms with Crippen LogP contribution in [0.5, 0.6) is 0 Å². The first kappa shape index (κ1) is 17.5. The van der Waals surface area contributed by atoms with Crippen molar-refractivity contribution in [3.63, 3.8) is 0 Å². The van der Waals surface area contributed by atoms with E-state index in [0.717, 1.165) is 37.6 Å². The highest BCUT2D eigenvalue weighted by Crippen LogP contribution is 2.61. The zero-order valence-corrected chi connectivity index (χ0v) is 15.2. The number of unbranched alkanes of at least 4 members (excludes halogenated alkanes) is 1. The monoisotopic (exact) mass is 333 g/mol. The van der Waals surface area contributed by atoms with Crippen molar-refractivity contribution in [2.45, 2.75) is 65.3 Å². The summed E-state index contributed by atoms with van der Waals surface area (Å²) in [7, 11) is 0. The maximum Gasteiger partial charge on any atom is 0.273 e. The number of nitrogens with one attached hydrogen (secondary N) is 1. The van der Waals surface area contributed by atoms with Crippen molar-refractivity contribution < 1.29 is 9.21 Å². The van der Waals surface area contributed by atoms with Gasteiger partial charge in [0.25, 0.3) is 5.91 Å². The maximum absolute atomic E-state index is 12.3. The number of aromatic nitrogens is 1. The molecule has 134 valence electrons. The molecular weight excluding hydrogens is 302 g/mol. The Labute approximate surface area is 144 Å². The van der Waals surface area contributed by atoms with Crippen LogP contribution in [0.15, 0.2) is 10.7 Å². The maximum atomic E-state index is 12.3. The van der Waals surface area contributed by atoms with E-state index >= 15 is 0 Å². The minimum absolute atomic E-state index is 0.146. The van der Waals surface area contributed by atoms with Gasteiger partial charge in [0.05, 0.1) is 6.04 Å². The van der Waals surface area contributed by atoms with Gasteiger partial charge < -0.3 is 15.5 Å². The molecule has 3 N–H and O–H groups in total. The molecule has 5 heteroatoms. The summed E-state index contributed by atoms with van der Waals surface area (Å²) in [6.45, 7) is 7.62. The number of hydrogen-bond acceptors (Lipinski definition) is 4. The smallest absolute Gasteiger partial charge is 0.273 e. The average molecular weight is 333 g/mol. The predicted molar refractivity (Wildman–Crippen MR) is 93.4 cm³/mol. The normalized spacial score (nSPS) is 28.9. The first-order chi connectivity index (χ1) is 11.4. The lowest BCUT2D eigenvalue weighted by atomic mass is 9.45. The zero-order valence-electron chi connectivity index (χ0n) is 15.2. The highest BCUT2D eigenvalue weighted by atomic mass is 16.3. The van der Waals surface area contributed by atoms with Crippen molar-refractivity contribution in [1.82, 2.24) is 10.3 Å². The molecule has 3 fully saturated rings. The first-order valence-electron chi connectivity index (χ1n) is 9.42. The molecule has 2 bridgehead atoms. The number of nitrogens with zero attached hydrogens (tertiary/aromatic N) is 1. The summed E-state index contributed by atoms with van der Waals surface area (Å²) in [5.74, 6) is 2.54. The minimum Gasteiger partial charge on any atom is -0.446 e. The van der Waals surface area contributed by atoms with Crippen LogP contribution in [0.1, 0.15) is 81.7 Å². The number of carbonyl (C=O) groups is 1. The minimum atomic E-state index is -0.224. The Morgan fingerprint density at radius 1 is 1.50 bits per heavy atom. The molecule has 1 heterocycles. The summed E-state index contributed by atoms with van der Waals surface area (Å²) >= 11 is 0. The lowest BCUT2D eigenvalue weighted by Gasteiger charge is -2.60. The van der Waals surface area contributed by atoms with Crippen LogP contribution in [0.4, 0.5) is 0 Å². The van der Waals surface area contributed by atoms with Crippen LogP contribution >= 0.6 is 0 Å². The first-order valence-corrected chi connectivity index (χ1v) is 9.42. The van der Waals surface area contributed by atoms with Crippen molar-refractivity contribution in [3.05, 3.63) is 17.8 Å². The molecule has 3 aliphatic carbocycles. The number of rotatable bonds is 7. The quantitative estimate of drug-likeness (QED) is 0.798. The Balaban J connectivity index is 1.51. The van der Waals surface area contributed by atoms with Gasteiger partial charge in [0, 0.05) is 6.54 Å². The molecule has 4 unspecified atom stereocenters. The molecule has 1 aromatic rings. The van der Waals surface area contributed by atoms with E-state index < -0.39 is 0 Å². The van der Waals surface area contributed by atoms with Crippen molar-refractivity contribution in [3.8, 4) is 0 Å². The molecule has 1 amide bonds. The van der Waals surface area contributed by atoms with E-state index in [0.29, 0.717) is 22.9 Å². The van der Waals surface area contributed by atoms with Crippen LogP contribution in [-0.2, 0) is 0 Å². The van der Waals surface area contributed by atoms with E-state index in [2.05, 4.69) is 31.1 Å². The van der Waals surface area contributed by atoms with Crippen LogP contribution in [0.3, 0.4) is 0 Å². The number of nitrogens with two attached hydrogens (primary N) is 1. The van der Waals surface area contributed by atoms with Gasteiger partial charge in [0.1, 0.15) is 6.26 Å². The molecule has 0 radical (unpaired) electrons. The fourth-order valence-corrected chi connectivity index (χ4v) is 4.63. The van der Waals surface area contributed by atoms with Crippen LogP contribution in [0.25, 0.3) is 0 Å². The molecule has 5 nitrogen and oxygen atoms in total. The van der Waals surface area contributed by atoms with E-state index in [1.807, 2.05) is 0 Å². The Morgan fingerprint density at radius 2 is 2.29 bits per heavy atom. The number of fused-ring (bicyclic) bond motifs is 2. The summed E-state index contributed by atoms with van der Waals surface area (Å²) in [6, 6.07) is -0.224. The summed E-state index contributed by atoms with van der Waals surface area (Å²) in [6.07, 6.45) is 8.23.